The van der Waals surface area contributed by atoms with E-state index in [0.29, 0.717) is 18.1 Å². The van der Waals surface area contributed by atoms with Crippen molar-refractivity contribution < 1.29 is 0 Å². The molecule has 0 aromatic carbocycles. The Morgan fingerprint density at radius 3 is 0.700 bits per heavy atom. The van der Waals surface area contributed by atoms with Crippen molar-refractivity contribution in [3.8, 4) is 0 Å². The zero-order valence-electron chi connectivity index (χ0n) is 21.9. The van der Waals surface area contributed by atoms with Crippen LogP contribution in [0.25, 0.3) is 0 Å². The average molecular weight is 424 g/mol. The average Bonchev–Trinajstić information content (AvgIpc) is 2.73. The first-order valence-electron chi connectivity index (χ1n) is 13.1. The molecule has 3 rings (SSSR count). The van der Waals surface area contributed by atoms with Crippen molar-refractivity contribution in [2.75, 3.05) is 0 Å². The van der Waals surface area contributed by atoms with E-state index >= 15 is 0 Å². The van der Waals surface area contributed by atoms with Crippen molar-refractivity contribution in [1.29, 1.82) is 0 Å². The maximum Gasteiger partial charge on any atom is 0.00672 e. The minimum atomic E-state index is 0.464. The summed E-state index contributed by atoms with van der Waals surface area (Å²) in [5.74, 6) is 7.30. The fourth-order valence-electron chi connectivity index (χ4n) is 5.67. The lowest BCUT2D eigenvalue weighted by atomic mass is 9.72. The van der Waals surface area contributed by atoms with Gasteiger partial charge in [-0.3, -0.25) is 0 Å². The molecule has 0 unspecified atom stereocenters. The second-order valence-electron chi connectivity index (χ2n) is 11.8. The van der Waals surface area contributed by atoms with Crippen molar-refractivity contribution in [2.45, 2.75) is 119 Å². The Morgan fingerprint density at radius 2 is 0.533 bits per heavy atom. The topological polar surface area (TPSA) is 78.1 Å². The molecule has 3 saturated carbocycles. The summed E-state index contributed by atoms with van der Waals surface area (Å²) >= 11 is 0. The fourth-order valence-corrected chi connectivity index (χ4v) is 5.67. The van der Waals surface area contributed by atoms with Crippen LogP contribution in [-0.4, -0.2) is 18.1 Å². The summed E-state index contributed by atoms with van der Waals surface area (Å²) in [7, 11) is 0. The van der Waals surface area contributed by atoms with Gasteiger partial charge in [-0.15, -0.1) is 0 Å². The van der Waals surface area contributed by atoms with Crippen molar-refractivity contribution in [3.05, 3.63) is 0 Å². The van der Waals surface area contributed by atoms with Gasteiger partial charge in [0, 0.05) is 18.1 Å². The SMILES string of the molecule is C[C@@H]1[C@H](C)[C@@H](C)CC[C@@H]1N.C[C@@H]1[C@H](C)[C@@H](N)CC[C@@H]1C.C[C@H]1[C@H](C)[C@@H](N)CC[C@@H]1C. The molecular formula is C27H57N3. The molecule has 0 amide bonds. The van der Waals surface area contributed by atoms with E-state index in [0.717, 1.165) is 53.3 Å². The van der Waals surface area contributed by atoms with Crippen LogP contribution in [0.1, 0.15) is 101 Å². The lowest BCUT2D eigenvalue weighted by molar-refractivity contribution is 0.171. The van der Waals surface area contributed by atoms with Crippen LogP contribution in [0.15, 0.2) is 0 Å². The van der Waals surface area contributed by atoms with E-state index in [4.69, 9.17) is 17.2 Å². The largest absolute Gasteiger partial charge is 0.327 e. The van der Waals surface area contributed by atoms with Gasteiger partial charge in [0.1, 0.15) is 0 Å². The van der Waals surface area contributed by atoms with Gasteiger partial charge < -0.3 is 17.2 Å². The first kappa shape index (κ1) is 27.9. The Balaban J connectivity index is 0.000000225. The van der Waals surface area contributed by atoms with Gasteiger partial charge >= 0.3 is 0 Å². The molecule has 180 valence electrons. The van der Waals surface area contributed by atoms with Crippen LogP contribution in [0.5, 0.6) is 0 Å². The molecule has 0 spiro atoms. The molecule has 0 aromatic rings. The predicted octanol–water partition coefficient (Wildman–Crippen LogP) is 6.05. The highest BCUT2D eigenvalue weighted by Crippen LogP contribution is 2.34. The number of hydrogen-bond donors (Lipinski definition) is 3. The molecular weight excluding hydrogens is 366 g/mol. The zero-order valence-corrected chi connectivity index (χ0v) is 21.9. The van der Waals surface area contributed by atoms with Crippen LogP contribution in [-0.2, 0) is 0 Å². The Labute approximate surface area is 189 Å². The summed E-state index contributed by atoms with van der Waals surface area (Å²) < 4.78 is 0. The van der Waals surface area contributed by atoms with Crippen molar-refractivity contribution in [2.24, 2.45) is 70.5 Å². The maximum atomic E-state index is 5.93. The standard InChI is InChI=1S/3C9H19N/c3*1-6-4-5-9(10)8(3)7(6)2/h3*6-9H,4-5,10H2,1-3H3/t6-,7+,8+,9-;6-,7+,8-,9-;6-,7-,8-,9-/m000/s1. The Bertz CT molecular complexity index is 358. The van der Waals surface area contributed by atoms with E-state index in [1.807, 2.05) is 0 Å². The van der Waals surface area contributed by atoms with Gasteiger partial charge in [-0.05, 0) is 91.8 Å². The second kappa shape index (κ2) is 12.8. The third kappa shape index (κ3) is 7.78. The fraction of sp³-hybridized carbons (Fsp3) is 1.00. The van der Waals surface area contributed by atoms with E-state index in [1.165, 1.54) is 38.5 Å². The summed E-state index contributed by atoms with van der Waals surface area (Å²) in [6.07, 6.45) is 7.66. The molecule has 3 nitrogen and oxygen atoms in total. The molecule has 12 atom stereocenters. The second-order valence-corrected chi connectivity index (χ2v) is 11.8. The first-order valence-corrected chi connectivity index (χ1v) is 13.1. The van der Waals surface area contributed by atoms with Gasteiger partial charge in [0.2, 0.25) is 0 Å². The van der Waals surface area contributed by atoms with E-state index in [1.54, 1.807) is 0 Å². The lowest BCUT2D eigenvalue weighted by Crippen LogP contribution is -2.39. The summed E-state index contributed by atoms with van der Waals surface area (Å²) in [4.78, 5) is 0. The monoisotopic (exact) mass is 423 g/mol. The minimum absolute atomic E-state index is 0.464. The normalized spacial score (nSPS) is 49.2. The molecule has 0 radical (unpaired) electrons. The van der Waals surface area contributed by atoms with Crippen LogP contribution in [0.3, 0.4) is 0 Å². The summed E-state index contributed by atoms with van der Waals surface area (Å²) in [5.41, 5.74) is 17.8. The van der Waals surface area contributed by atoms with Gasteiger partial charge in [0.15, 0.2) is 0 Å². The van der Waals surface area contributed by atoms with E-state index in [9.17, 15) is 0 Å². The lowest BCUT2D eigenvalue weighted by Gasteiger charge is -2.36. The summed E-state index contributed by atoms with van der Waals surface area (Å²) in [6, 6.07) is 1.39. The van der Waals surface area contributed by atoms with Crippen LogP contribution in [0, 0.1) is 53.3 Å². The number of hydrogen-bond acceptors (Lipinski definition) is 3. The molecule has 6 N–H and O–H groups in total. The van der Waals surface area contributed by atoms with Crippen molar-refractivity contribution in [3.63, 3.8) is 0 Å². The molecule has 0 heterocycles. The van der Waals surface area contributed by atoms with Crippen molar-refractivity contribution in [1.82, 2.24) is 0 Å². The highest BCUT2D eigenvalue weighted by Gasteiger charge is 2.30. The Morgan fingerprint density at radius 1 is 0.333 bits per heavy atom. The summed E-state index contributed by atoms with van der Waals surface area (Å²) in [6.45, 7) is 20.9. The van der Waals surface area contributed by atoms with Gasteiger partial charge in [-0.25, -0.2) is 0 Å². The number of rotatable bonds is 0. The molecule has 3 heteroatoms. The van der Waals surface area contributed by atoms with Gasteiger partial charge in [-0.1, -0.05) is 62.3 Å². The molecule has 0 saturated heterocycles. The predicted molar refractivity (Wildman–Crippen MR) is 134 cm³/mol. The van der Waals surface area contributed by atoms with Gasteiger partial charge in [0.25, 0.3) is 0 Å². The zero-order chi connectivity index (χ0) is 23.2. The Kier molecular flexibility index (Phi) is 11.9. The molecule has 30 heavy (non-hydrogen) atoms. The highest BCUT2D eigenvalue weighted by molar-refractivity contribution is 4.84. The number of nitrogens with two attached hydrogens (primary N) is 3. The van der Waals surface area contributed by atoms with Crippen molar-refractivity contribution >= 4 is 0 Å². The van der Waals surface area contributed by atoms with Gasteiger partial charge in [0.05, 0.1) is 0 Å². The third-order valence-corrected chi connectivity index (χ3v) is 10.1. The van der Waals surface area contributed by atoms with Crippen LogP contribution < -0.4 is 17.2 Å². The first-order chi connectivity index (χ1) is 13.9. The Hall–Kier alpha value is -0.120. The maximum absolute atomic E-state index is 5.93. The van der Waals surface area contributed by atoms with E-state index < -0.39 is 0 Å². The van der Waals surface area contributed by atoms with Crippen LogP contribution >= 0.6 is 0 Å². The molecule has 0 bridgehead atoms. The smallest absolute Gasteiger partial charge is 0.00672 e. The molecule has 0 aromatic heterocycles. The van der Waals surface area contributed by atoms with Crippen LogP contribution in [0.2, 0.25) is 0 Å². The summed E-state index contributed by atoms with van der Waals surface area (Å²) in [5, 5.41) is 0. The molecule has 3 aliphatic rings. The molecule has 0 aliphatic heterocycles. The third-order valence-electron chi connectivity index (χ3n) is 10.1. The highest BCUT2D eigenvalue weighted by atomic mass is 14.7. The molecule has 3 aliphatic carbocycles. The van der Waals surface area contributed by atoms with Crippen LogP contribution in [0.4, 0.5) is 0 Å². The molecule has 3 fully saturated rings. The van der Waals surface area contributed by atoms with E-state index in [2.05, 4.69) is 62.3 Å². The van der Waals surface area contributed by atoms with E-state index in [-0.39, 0.29) is 0 Å². The minimum Gasteiger partial charge on any atom is -0.327 e. The quantitative estimate of drug-likeness (QED) is 0.444. The van der Waals surface area contributed by atoms with Gasteiger partial charge in [-0.2, -0.15) is 0 Å².